The fourth-order valence-corrected chi connectivity index (χ4v) is 3.83. The molecule has 162 valence electrons. The van der Waals surface area contributed by atoms with Crippen LogP contribution in [0.25, 0.3) is 17.2 Å². The third kappa shape index (κ3) is 4.32. The fraction of sp³-hybridized carbons (Fsp3) is 0.160. The molecule has 0 saturated carbocycles. The summed E-state index contributed by atoms with van der Waals surface area (Å²) in [6.07, 6.45) is 4.23. The maximum absolute atomic E-state index is 12.2. The molecule has 0 spiro atoms. The van der Waals surface area contributed by atoms with Crippen LogP contribution in [-0.4, -0.2) is 37.3 Å². The van der Waals surface area contributed by atoms with Gasteiger partial charge in [0, 0.05) is 24.2 Å². The van der Waals surface area contributed by atoms with E-state index in [1.54, 1.807) is 18.2 Å². The van der Waals surface area contributed by atoms with Gasteiger partial charge in [-0.15, -0.1) is 0 Å². The van der Waals surface area contributed by atoms with Crippen LogP contribution in [0.2, 0.25) is 0 Å². The van der Waals surface area contributed by atoms with E-state index in [4.69, 9.17) is 10.5 Å². The Morgan fingerprint density at radius 2 is 1.75 bits per heavy atom. The number of fused-ring (bicyclic) bond motifs is 3. The van der Waals surface area contributed by atoms with Crippen LogP contribution >= 0.6 is 0 Å². The average Bonchev–Trinajstić information content (AvgIpc) is 3.14. The number of nitrogens with two attached hydrogens (primary N) is 1. The number of nitrogen functional groups attached to an aromatic ring is 1. The van der Waals surface area contributed by atoms with Gasteiger partial charge in [0.25, 0.3) is 0 Å². The molecule has 2 aromatic carbocycles. The summed E-state index contributed by atoms with van der Waals surface area (Å²) in [5.74, 6) is -0.213. The molecule has 0 unspecified atom stereocenters. The normalized spacial score (nSPS) is 12.3. The first-order chi connectivity index (χ1) is 15.6. The van der Waals surface area contributed by atoms with Crippen molar-refractivity contribution in [1.29, 1.82) is 0 Å². The summed E-state index contributed by atoms with van der Waals surface area (Å²) in [5.41, 5.74) is 11.4. The highest BCUT2D eigenvalue weighted by atomic mass is 16.5. The first-order valence-electron chi connectivity index (χ1n) is 10.2. The van der Waals surface area contributed by atoms with Gasteiger partial charge in [-0.05, 0) is 28.3 Å². The number of anilines is 1. The Morgan fingerprint density at radius 3 is 2.41 bits per heavy atom. The van der Waals surface area contributed by atoms with Crippen molar-refractivity contribution in [2.24, 2.45) is 0 Å². The lowest BCUT2D eigenvalue weighted by molar-refractivity contribution is 0.0600. The zero-order valence-corrected chi connectivity index (χ0v) is 17.6. The molecule has 1 amide bonds. The van der Waals surface area contributed by atoms with Gasteiger partial charge in [0.05, 0.1) is 12.7 Å². The van der Waals surface area contributed by atoms with Crippen molar-refractivity contribution in [3.05, 3.63) is 89.1 Å². The number of pyridine rings is 1. The number of aromatic nitrogens is 1. The van der Waals surface area contributed by atoms with E-state index in [0.717, 1.165) is 11.1 Å². The Bertz CT molecular complexity index is 1140. The summed E-state index contributed by atoms with van der Waals surface area (Å²) >= 11 is 0. The van der Waals surface area contributed by atoms with Crippen molar-refractivity contribution in [2.75, 3.05) is 26.0 Å². The van der Waals surface area contributed by atoms with Gasteiger partial charge in [-0.3, -0.25) is 0 Å². The topological polar surface area (TPSA) is 104 Å². The molecular weight excluding hydrogens is 406 g/mol. The number of nitrogens with zero attached hydrogens (tertiary/aromatic N) is 1. The molecule has 4 rings (SSSR count). The summed E-state index contributed by atoms with van der Waals surface area (Å²) in [5, 5.41) is 2.69. The van der Waals surface area contributed by atoms with Gasteiger partial charge in [0.1, 0.15) is 12.4 Å². The molecule has 1 aliphatic carbocycles. The molecule has 0 fully saturated rings. The minimum absolute atomic E-state index is 0.00984. The summed E-state index contributed by atoms with van der Waals surface area (Å²) in [4.78, 5) is 27.8. The zero-order valence-electron chi connectivity index (χ0n) is 17.6. The maximum atomic E-state index is 12.2. The van der Waals surface area contributed by atoms with Crippen molar-refractivity contribution < 1.29 is 19.1 Å². The minimum Gasteiger partial charge on any atom is -0.465 e. The van der Waals surface area contributed by atoms with Crippen LogP contribution in [0.15, 0.2) is 66.9 Å². The molecule has 3 N–H and O–H groups in total. The van der Waals surface area contributed by atoms with Gasteiger partial charge in [-0.2, -0.15) is 0 Å². The lowest BCUT2D eigenvalue weighted by Crippen LogP contribution is -2.26. The van der Waals surface area contributed by atoms with Gasteiger partial charge < -0.3 is 20.5 Å². The highest BCUT2D eigenvalue weighted by molar-refractivity contribution is 5.90. The monoisotopic (exact) mass is 429 g/mol. The van der Waals surface area contributed by atoms with Gasteiger partial charge in [-0.1, -0.05) is 60.7 Å². The molecule has 0 aliphatic heterocycles. The van der Waals surface area contributed by atoms with Crippen molar-refractivity contribution in [3.63, 3.8) is 0 Å². The average molecular weight is 429 g/mol. The summed E-state index contributed by atoms with van der Waals surface area (Å²) in [6, 6.07) is 17.9. The van der Waals surface area contributed by atoms with Crippen LogP contribution in [0.4, 0.5) is 10.6 Å². The molecular formula is C25H23N3O4. The number of amides is 1. The second-order valence-electron chi connectivity index (χ2n) is 7.30. The molecule has 0 radical (unpaired) electrons. The molecule has 1 heterocycles. The number of carbonyl (C=O) groups is 2. The second kappa shape index (κ2) is 9.34. The lowest BCUT2D eigenvalue weighted by Gasteiger charge is -2.14. The first kappa shape index (κ1) is 21.1. The third-order valence-corrected chi connectivity index (χ3v) is 5.38. The van der Waals surface area contributed by atoms with E-state index in [2.05, 4.69) is 39.3 Å². The lowest BCUT2D eigenvalue weighted by atomic mass is 9.98. The van der Waals surface area contributed by atoms with E-state index in [1.165, 1.54) is 24.4 Å². The highest BCUT2D eigenvalue weighted by Gasteiger charge is 2.28. The van der Waals surface area contributed by atoms with Crippen LogP contribution in [0.3, 0.4) is 0 Å². The number of carbonyl (C=O) groups excluding carboxylic acids is 2. The van der Waals surface area contributed by atoms with Crippen molar-refractivity contribution in [3.8, 4) is 11.1 Å². The van der Waals surface area contributed by atoms with E-state index in [1.807, 2.05) is 24.3 Å². The Labute approximate surface area is 185 Å². The minimum atomic E-state index is -0.508. The first-order valence-corrected chi connectivity index (χ1v) is 10.2. The predicted molar refractivity (Wildman–Crippen MR) is 122 cm³/mol. The Hall–Kier alpha value is -4.13. The van der Waals surface area contributed by atoms with Gasteiger partial charge >= 0.3 is 12.1 Å². The van der Waals surface area contributed by atoms with Crippen LogP contribution in [-0.2, 0) is 9.47 Å². The fourth-order valence-electron chi connectivity index (χ4n) is 3.83. The van der Waals surface area contributed by atoms with Crippen LogP contribution < -0.4 is 11.1 Å². The number of methoxy groups -OCH3 is 1. The molecule has 0 atom stereocenters. The number of esters is 1. The molecule has 1 aliphatic rings. The Morgan fingerprint density at radius 1 is 1.09 bits per heavy atom. The molecule has 7 nitrogen and oxygen atoms in total. The number of nitrogens with one attached hydrogen (secondary N) is 1. The van der Waals surface area contributed by atoms with Gasteiger partial charge in [0.2, 0.25) is 0 Å². The van der Waals surface area contributed by atoms with E-state index in [0.29, 0.717) is 11.1 Å². The molecule has 1 aromatic heterocycles. The molecule has 32 heavy (non-hydrogen) atoms. The quantitative estimate of drug-likeness (QED) is 0.574. The number of ether oxygens (including phenoxy) is 2. The third-order valence-electron chi connectivity index (χ3n) is 5.38. The van der Waals surface area contributed by atoms with Crippen LogP contribution in [0, 0.1) is 0 Å². The Kier molecular flexibility index (Phi) is 6.17. The van der Waals surface area contributed by atoms with E-state index >= 15 is 0 Å². The number of benzene rings is 2. The Balaban J connectivity index is 1.33. The number of rotatable bonds is 6. The molecule has 0 bridgehead atoms. The SMILES string of the molecule is COC(=O)c1cnc(N)c(C=CCNC(=O)OCC2c3ccccc3-c3ccccc32)c1. The largest absolute Gasteiger partial charge is 0.465 e. The standard InChI is InChI=1S/C25H23N3O4/c1-31-24(29)17-13-16(23(26)28-14-17)7-6-12-27-25(30)32-15-22-20-10-4-2-8-18(20)19-9-3-5-11-21(19)22/h2-11,13-14,22H,12,15H2,1H3,(H2,26,28)(H,27,30). The summed E-state index contributed by atoms with van der Waals surface area (Å²) in [7, 11) is 1.30. The number of hydrogen-bond acceptors (Lipinski definition) is 6. The van der Waals surface area contributed by atoms with Gasteiger partial charge in [0.15, 0.2) is 0 Å². The molecule has 0 saturated heterocycles. The number of hydrogen-bond donors (Lipinski definition) is 2. The van der Waals surface area contributed by atoms with Gasteiger partial charge in [-0.25, -0.2) is 14.6 Å². The van der Waals surface area contributed by atoms with Crippen LogP contribution in [0.5, 0.6) is 0 Å². The van der Waals surface area contributed by atoms with E-state index < -0.39 is 12.1 Å². The van der Waals surface area contributed by atoms with Crippen LogP contribution in [0.1, 0.15) is 33.0 Å². The predicted octanol–water partition coefficient (Wildman–Crippen LogP) is 4.00. The van der Waals surface area contributed by atoms with Crippen molar-refractivity contribution >= 4 is 24.0 Å². The molecule has 7 heteroatoms. The smallest absolute Gasteiger partial charge is 0.407 e. The summed E-state index contributed by atoms with van der Waals surface area (Å²) < 4.78 is 10.2. The second-order valence-corrected chi connectivity index (χ2v) is 7.30. The highest BCUT2D eigenvalue weighted by Crippen LogP contribution is 2.44. The number of alkyl carbamates (subject to hydrolysis) is 1. The van der Waals surface area contributed by atoms with E-state index in [-0.39, 0.29) is 24.9 Å². The summed E-state index contributed by atoms with van der Waals surface area (Å²) in [6.45, 7) is 0.486. The zero-order chi connectivity index (χ0) is 22.5. The van der Waals surface area contributed by atoms with E-state index in [9.17, 15) is 9.59 Å². The molecule has 3 aromatic rings. The maximum Gasteiger partial charge on any atom is 0.407 e. The van der Waals surface area contributed by atoms with Crippen molar-refractivity contribution in [1.82, 2.24) is 10.3 Å². The van der Waals surface area contributed by atoms with Crippen molar-refractivity contribution in [2.45, 2.75) is 5.92 Å².